The summed E-state index contributed by atoms with van der Waals surface area (Å²) in [6, 6.07) is 0.866. The Labute approximate surface area is 104 Å². The van der Waals surface area contributed by atoms with Crippen molar-refractivity contribution < 1.29 is 26.3 Å². The molecule has 19 heavy (non-hydrogen) atoms. The lowest BCUT2D eigenvalue weighted by atomic mass is 10.4. The van der Waals surface area contributed by atoms with E-state index in [4.69, 9.17) is 5.73 Å². The van der Waals surface area contributed by atoms with Crippen molar-refractivity contribution in [1.82, 2.24) is 9.97 Å². The molecule has 0 saturated carbocycles. The van der Waals surface area contributed by atoms with Gasteiger partial charge in [-0.15, -0.1) is 0 Å². The van der Waals surface area contributed by atoms with Gasteiger partial charge in [0.2, 0.25) is 5.82 Å². The molecule has 0 aliphatic carbocycles. The third kappa shape index (κ3) is 4.45. The highest BCUT2D eigenvalue weighted by atomic mass is 19.4. The number of anilines is 2. The van der Waals surface area contributed by atoms with Crippen molar-refractivity contribution in [3.05, 3.63) is 11.9 Å². The highest BCUT2D eigenvalue weighted by Crippen LogP contribution is 2.29. The van der Waals surface area contributed by atoms with Crippen LogP contribution in [0.5, 0.6) is 0 Å². The van der Waals surface area contributed by atoms with E-state index in [1.165, 1.54) is 6.92 Å². The highest BCUT2D eigenvalue weighted by molar-refractivity contribution is 5.47. The van der Waals surface area contributed by atoms with E-state index in [2.05, 4.69) is 9.97 Å². The lowest BCUT2D eigenvalue weighted by Crippen LogP contribution is -2.35. The van der Waals surface area contributed by atoms with Gasteiger partial charge in [-0.1, -0.05) is 0 Å². The van der Waals surface area contributed by atoms with Crippen molar-refractivity contribution >= 4 is 11.6 Å². The second-order valence-corrected chi connectivity index (χ2v) is 3.60. The van der Waals surface area contributed by atoms with Crippen molar-refractivity contribution in [3.63, 3.8) is 0 Å². The lowest BCUT2D eigenvalue weighted by molar-refractivity contribution is -0.144. The average molecular weight is 288 g/mol. The van der Waals surface area contributed by atoms with E-state index in [9.17, 15) is 26.3 Å². The van der Waals surface area contributed by atoms with Crippen LogP contribution in [0.1, 0.15) is 12.7 Å². The number of halogens is 6. The van der Waals surface area contributed by atoms with Gasteiger partial charge in [-0.3, -0.25) is 0 Å². The number of nitrogens with zero attached hydrogens (tertiary/aromatic N) is 3. The van der Waals surface area contributed by atoms with E-state index in [1.807, 2.05) is 0 Å². The van der Waals surface area contributed by atoms with Crippen LogP contribution in [0.15, 0.2) is 6.07 Å². The van der Waals surface area contributed by atoms with E-state index in [0.717, 1.165) is 6.07 Å². The van der Waals surface area contributed by atoms with Gasteiger partial charge in [0.05, 0.1) is 0 Å². The van der Waals surface area contributed by atoms with Crippen LogP contribution < -0.4 is 10.6 Å². The number of aromatic nitrogens is 2. The molecule has 0 bridgehead atoms. The highest BCUT2D eigenvalue weighted by Gasteiger charge is 2.37. The topological polar surface area (TPSA) is 55.0 Å². The smallest absolute Gasteiger partial charge is 0.384 e. The van der Waals surface area contributed by atoms with Crippen molar-refractivity contribution in [2.75, 3.05) is 23.7 Å². The molecule has 1 aromatic rings. The fraction of sp³-hybridized carbons (Fsp3) is 0.556. The summed E-state index contributed by atoms with van der Waals surface area (Å²) in [5.41, 5.74) is 5.15. The largest absolute Gasteiger partial charge is 0.451 e. The SMILES string of the molecule is CCN(CC(F)(F)F)c1cc(N)nc(C(F)(F)F)n1. The maximum absolute atomic E-state index is 12.4. The summed E-state index contributed by atoms with van der Waals surface area (Å²) in [5, 5.41) is 0. The number of nitrogens with two attached hydrogens (primary N) is 1. The standard InChI is InChI=1S/C9H10F6N4/c1-2-19(4-8(10,11)12)6-3-5(16)17-7(18-6)9(13,14)15/h3H,2,4H2,1H3,(H2,16,17,18). The molecule has 0 radical (unpaired) electrons. The second kappa shape index (κ2) is 5.10. The summed E-state index contributed by atoms with van der Waals surface area (Å²) in [5.74, 6) is -2.62. The van der Waals surface area contributed by atoms with E-state index in [0.29, 0.717) is 4.90 Å². The molecule has 0 fully saturated rings. The fourth-order valence-corrected chi connectivity index (χ4v) is 1.31. The van der Waals surface area contributed by atoms with Crippen molar-refractivity contribution in [2.45, 2.75) is 19.3 Å². The molecule has 1 aromatic heterocycles. The molecule has 1 rings (SSSR count). The molecule has 0 unspecified atom stereocenters. The third-order valence-corrected chi connectivity index (χ3v) is 2.06. The molecular formula is C9H10F6N4. The van der Waals surface area contributed by atoms with E-state index < -0.39 is 36.4 Å². The first-order valence-electron chi connectivity index (χ1n) is 5.06. The minimum Gasteiger partial charge on any atom is -0.384 e. The first-order chi connectivity index (χ1) is 8.53. The van der Waals surface area contributed by atoms with Crippen LogP contribution >= 0.6 is 0 Å². The molecule has 4 nitrogen and oxygen atoms in total. The predicted octanol–water partition coefficient (Wildman–Crippen LogP) is 2.47. The predicted molar refractivity (Wildman–Crippen MR) is 55.4 cm³/mol. The Morgan fingerprint density at radius 2 is 1.74 bits per heavy atom. The Hall–Kier alpha value is -1.74. The van der Waals surface area contributed by atoms with Gasteiger partial charge in [0.1, 0.15) is 18.2 Å². The maximum atomic E-state index is 12.4. The normalized spacial score (nSPS) is 12.6. The minimum absolute atomic E-state index is 0.173. The summed E-state index contributed by atoms with van der Waals surface area (Å²) in [6.45, 7) is -0.234. The molecule has 0 spiro atoms. The van der Waals surface area contributed by atoms with Gasteiger partial charge in [0.25, 0.3) is 0 Å². The molecule has 2 N–H and O–H groups in total. The number of nitrogen functional groups attached to an aromatic ring is 1. The van der Waals surface area contributed by atoms with Gasteiger partial charge < -0.3 is 10.6 Å². The Morgan fingerprint density at radius 3 is 2.16 bits per heavy atom. The van der Waals surface area contributed by atoms with Gasteiger partial charge in [-0.25, -0.2) is 9.97 Å². The Balaban J connectivity index is 3.14. The molecule has 0 aliphatic heterocycles. The molecule has 0 saturated heterocycles. The Bertz CT molecular complexity index is 441. The average Bonchev–Trinajstić information content (AvgIpc) is 2.22. The van der Waals surface area contributed by atoms with Crippen LogP contribution in [-0.2, 0) is 6.18 Å². The first-order valence-corrected chi connectivity index (χ1v) is 5.06. The van der Waals surface area contributed by atoms with Gasteiger partial charge >= 0.3 is 12.4 Å². The van der Waals surface area contributed by atoms with Crippen molar-refractivity contribution in [1.29, 1.82) is 0 Å². The number of rotatable bonds is 3. The monoisotopic (exact) mass is 288 g/mol. The summed E-state index contributed by atoms with van der Waals surface area (Å²) >= 11 is 0. The zero-order valence-electron chi connectivity index (χ0n) is 9.68. The summed E-state index contributed by atoms with van der Waals surface area (Å²) in [7, 11) is 0. The third-order valence-electron chi connectivity index (χ3n) is 2.06. The van der Waals surface area contributed by atoms with E-state index in [1.54, 1.807) is 0 Å². The van der Waals surface area contributed by atoms with Crippen LogP contribution in [0.3, 0.4) is 0 Å². The van der Waals surface area contributed by atoms with Gasteiger partial charge in [0, 0.05) is 12.6 Å². The van der Waals surface area contributed by atoms with Crippen molar-refractivity contribution in [2.24, 2.45) is 0 Å². The summed E-state index contributed by atoms with van der Waals surface area (Å²) in [6.07, 6.45) is -9.43. The van der Waals surface area contributed by atoms with Crippen LogP contribution in [0.2, 0.25) is 0 Å². The van der Waals surface area contributed by atoms with Crippen LogP contribution in [0, 0.1) is 0 Å². The Kier molecular flexibility index (Phi) is 4.11. The minimum atomic E-state index is -4.87. The number of hydrogen-bond donors (Lipinski definition) is 1. The zero-order valence-corrected chi connectivity index (χ0v) is 9.68. The second-order valence-electron chi connectivity index (χ2n) is 3.60. The number of alkyl halides is 6. The quantitative estimate of drug-likeness (QED) is 0.868. The molecule has 0 atom stereocenters. The number of hydrogen-bond acceptors (Lipinski definition) is 4. The van der Waals surface area contributed by atoms with Gasteiger partial charge in [-0.2, -0.15) is 26.3 Å². The van der Waals surface area contributed by atoms with Gasteiger partial charge in [-0.05, 0) is 6.92 Å². The molecule has 0 aromatic carbocycles. The molecule has 10 heteroatoms. The maximum Gasteiger partial charge on any atom is 0.451 e. The van der Waals surface area contributed by atoms with Crippen LogP contribution in [0.4, 0.5) is 38.0 Å². The molecule has 1 heterocycles. The summed E-state index contributed by atoms with van der Waals surface area (Å²) < 4.78 is 74.1. The summed E-state index contributed by atoms with van der Waals surface area (Å²) in [4.78, 5) is 6.65. The molecule has 108 valence electrons. The van der Waals surface area contributed by atoms with E-state index in [-0.39, 0.29) is 6.54 Å². The lowest BCUT2D eigenvalue weighted by Gasteiger charge is -2.23. The van der Waals surface area contributed by atoms with Crippen LogP contribution in [-0.4, -0.2) is 29.2 Å². The Morgan fingerprint density at radius 1 is 1.16 bits per heavy atom. The first kappa shape index (κ1) is 15.3. The van der Waals surface area contributed by atoms with Crippen molar-refractivity contribution in [3.8, 4) is 0 Å². The molecule has 0 amide bonds. The molecule has 0 aliphatic rings. The van der Waals surface area contributed by atoms with E-state index >= 15 is 0 Å². The van der Waals surface area contributed by atoms with Crippen LogP contribution in [0.25, 0.3) is 0 Å². The fourth-order valence-electron chi connectivity index (χ4n) is 1.31. The molecular weight excluding hydrogens is 278 g/mol. The zero-order chi connectivity index (χ0) is 14.8. The van der Waals surface area contributed by atoms with Gasteiger partial charge in [0.15, 0.2) is 0 Å².